The van der Waals surface area contributed by atoms with Gasteiger partial charge in [-0.1, -0.05) is 6.07 Å². The van der Waals surface area contributed by atoms with Crippen LogP contribution in [0.3, 0.4) is 0 Å². The number of halogens is 2. The van der Waals surface area contributed by atoms with Gasteiger partial charge in [0.25, 0.3) is 0 Å². The average molecular weight is 315 g/mol. The van der Waals surface area contributed by atoms with Gasteiger partial charge in [-0.2, -0.15) is 0 Å². The van der Waals surface area contributed by atoms with Gasteiger partial charge < -0.3 is 10.6 Å². The van der Waals surface area contributed by atoms with Crippen molar-refractivity contribution in [3.8, 4) is 0 Å². The van der Waals surface area contributed by atoms with Crippen LogP contribution in [-0.4, -0.2) is 18.5 Å². The molecule has 1 amide bonds. The lowest BCUT2D eigenvalue weighted by molar-refractivity contribution is -0.120. The highest BCUT2D eigenvalue weighted by atomic mass is 79.9. The molecule has 0 aromatic heterocycles. The molecule has 0 aliphatic heterocycles. The second-order valence-corrected chi connectivity index (χ2v) is 5.47. The van der Waals surface area contributed by atoms with Crippen LogP contribution in [0.25, 0.3) is 0 Å². The minimum Gasteiger partial charge on any atom is -0.352 e. The van der Waals surface area contributed by atoms with E-state index in [0.29, 0.717) is 10.5 Å². The van der Waals surface area contributed by atoms with E-state index >= 15 is 0 Å². The third-order valence-electron chi connectivity index (χ3n) is 2.95. The number of carbonyl (C=O) groups is 1. The highest BCUT2D eigenvalue weighted by Crippen LogP contribution is 2.21. The second kappa shape index (κ2) is 5.80. The standard InChI is InChI=1S/C13H16BrFN2O/c1-8(9-2-5-12(15)11(14)6-9)16-7-13(18)17-10-3-4-10/h2,5-6,8,10,16H,3-4,7H2,1H3,(H,17,18). The number of hydrogen-bond acceptors (Lipinski definition) is 2. The minimum absolute atomic E-state index is 0.00635. The summed E-state index contributed by atoms with van der Waals surface area (Å²) in [7, 11) is 0. The van der Waals surface area contributed by atoms with Crippen LogP contribution in [0.4, 0.5) is 4.39 Å². The first kappa shape index (κ1) is 13.5. The lowest BCUT2D eigenvalue weighted by Crippen LogP contribution is -2.36. The predicted molar refractivity (Wildman–Crippen MR) is 71.7 cm³/mol. The van der Waals surface area contributed by atoms with Gasteiger partial charge in [-0.3, -0.25) is 4.79 Å². The molecule has 2 N–H and O–H groups in total. The Morgan fingerprint density at radius 1 is 1.56 bits per heavy atom. The van der Waals surface area contributed by atoms with Crippen LogP contribution in [0.2, 0.25) is 0 Å². The van der Waals surface area contributed by atoms with Crippen molar-refractivity contribution in [3.05, 3.63) is 34.1 Å². The highest BCUT2D eigenvalue weighted by Gasteiger charge is 2.23. The van der Waals surface area contributed by atoms with E-state index in [1.807, 2.05) is 6.92 Å². The molecular weight excluding hydrogens is 299 g/mol. The first-order valence-corrected chi connectivity index (χ1v) is 6.83. The number of amides is 1. The van der Waals surface area contributed by atoms with Gasteiger partial charge in [0.15, 0.2) is 0 Å². The summed E-state index contributed by atoms with van der Waals surface area (Å²) in [5, 5.41) is 6.03. The van der Waals surface area contributed by atoms with Crippen molar-refractivity contribution in [1.29, 1.82) is 0 Å². The maximum absolute atomic E-state index is 13.1. The molecule has 2 rings (SSSR count). The van der Waals surface area contributed by atoms with E-state index in [1.54, 1.807) is 12.1 Å². The molecule has 1 aliphatic carbocycles. The van der Waals surface area contributed by atoms with E-state index in [0.717, 1.165) is 18.4 Å². The summed E-state index contributed by atoms with van der Waals surface area (Å²) in [6.45, 7) is 2.23. The fourth-order valence-electron chi connectivity index (χ4n) is 1.65. The quantitative estimate of drug-likeness (QED) is 0.877. The molecule has 1 atom stereocenters. The fourth-order valence-corrected chi connectivity index (χ4v) is 2.05. The van der Waals surface area contributed by atoms with E-state index in [4.69, 9.17) is 0 Å². The summed E-state index contributed by atoms with van der Waals surface area (Å²) in [5.41, 5.74) is 0.947. The molecular formula is C13H16BrFN2O. The van der Waals surface area contributed by atoms with Crippen LogP contribution in [0.5, 0.6) is 0 Å². The summed E-state index contributed by atoms with van der Waals surface area (Å²) in [6.07, 6.45) is 2.18. The van der Waals surface area contributed by atoms with Crippen LogP contribution in [0.15, 0.2) is 22.7 Å². The first-order valence-electron chi connectivity index (χ1n) is 6.04. The van der Waals surface area contributed by atoms with Crippen LogP contribution in [0.1, 0.15) is 31.4 Å². The Balaban J connectivity index is 1.84. The summed E-state index contributed by atoms with van der Waals surface area (Å²) in [5.74, 6) is -0.261. The number of carbonyl (C=O) groups excluding carboxylic acids is 1. The predicted octanol–water partition coefficient (Wildman–Crippen LogP) is 2.52. The largest absolute Gasteiger partial charge is 0.352 e. The van der Waals surface area contributed by atoms with Crippen molar-refractivity contribution in [2.45, 2.75) is 31.8 Å². The number of nitrogens with one attached hydrogen (secondary N) is 2. The molecule has 0 bridgehead atoms. The lowest BCUT2D eigenvalue weighted by Gasteiger charge is -2.14. The molecule has 98 valence electrons. The molecule has 1 aliphatic rings. The third-order valence-corrected chi connectivity index (χ3v) is 3.56. The Kier molecular flexibility index (Phi) is 4.35. The zero-order chi connectivity index (χ0) is 13.1. The average Bonchev–Trinajstić information content (AvgIpc) is 3.13. The Morgan fingerprint density at radius 2 is 2.28 bits per heavy atom. The summed E-state index contributed by atoms with van der Waals surface area (Å²) < 4.78 is 13.5. The van der Waals surface area contributed by atoms with Gasteiger partial charge in [0.05, 0.1) is 11.0 Å². The maximum atomic E-state index is 13.1. The van der Waals surface area contributed by atoms with E-state index in [9.17, 15) is 9.18 Å². The summed E-state index contributed by atoms with van der Waals surface area (Å²) >= 11 is 3.15. The monoisotopic (exact) mass is 314 g/mol. The molecule has 18 heavy (non-hydrogen) atoms. The van der Waals surface area contributed by atoms with Crippen molar-refractivity contribution < 1.29 is 9.18 Å². The number of hydrogen-bond donors (Lipinski definition) is 2. The number of rotatable bonds is 5. The van der Waals surface area contributed by atoms with Crippen LogP contribution >= 0.6 is 15.9 Å². The van der Waals surface area contributed by atoms with Gasteiger partial charge in [-0.15, -0.1) is 0 Å². The van der Waals surface area contributed by atoms with Crippen molar-refractivity contribution in [3.63, 3.8) is 0 Å². The zero-order valence-electron chi connectivity index (χ0n) is 10.2. The van der Waals surface area contributed by atoms with Gasteiger partial charge >= 0.3 is 0 Å². The van der Waals surface area contributed by atoms with Gasteiger partial charge in [0.1, 0.15) is 5.82 Å². The van der Waals surface area contributed by atoms with Crippen molar-refractivity contribution in [2.24, 2.45) is 0 Å². The summed E-state index contributed by atoms with van der Waals surface area (Å²) in [4.78, 5) is 11.5. The second-order valence-electron chi connectivity index (χ2n) is 4.62. The molecule has 5 heteroatoms. The molecule has 0 radical (unpaired) electrons. The van der Waals surface area contributed by atoms with Crippen molar-refractivity contribution in [1.82, 2.24) is 10.6 Å². The van der Waals surface area contributed by atoms with E-state index < -0.39 is 0 Å². The molecule has 1 unspecified atom stereocenters. The highest BCUT2D eigenvalue weighted by molar-refractivity contribution is 9.10. The Hall–Kier alpha value is -0.940. The zero-order valence-corrected chi connectivity index (χ0v) is 11.8. The molecule has 0 heterocycles. The lowest BCUT2D eigenvalue weighted by atomic mass is 10.1. The normalized spacial score (nSPS) is 16.4. The third kappa shape index (κ3) is 3.78. The molecule has 1 aromatic carbocycles. The van der Waals surface area contributed by atoms with Crippen LogP contribution in [0, 0.1) is 5.82 Å². The van der Waals surface area contributed by atoms with E-state index in [2.05, 4.69) is 26.6 Å². The van der Waals surface area contributed by atoms with Crippen molar-refractivity contribution >= 4 is 21.8 Å². The number of benzene rings is 1. The van der Waals surface area contributed by atoms with Crippen molar-refractivity contribution in [2.75, 3.05) is 6.54 Å². The van der Waals surface area contributed by atoms with Crippen LogP contribution < -0.4 is 10.6 Å². The Labute approximate surface area is 114 Å². The Morgan fingerprint density at radius 3 is 2.89 bits per heavy atom. The van der Waals surface area contributed by atoms with Gasteiger partial charge in [0.2, 0.25) is 5.91 Å². The van der Waals surface area contributed by atoms with Gasteiger partial charge in [-0.25, -0.2) is 4.39 Å². The van der Waals surface area contributed by atoms with Crippen LogP contribution in [-0.2, 0) is 4.79 Å². The van der Waals surface area contributed by atoms with E-state index in [1.165, 1.54) is 6.07 Å². The summed E-state index contributed by atoms with van der Waals surface area (Å²) in [6, 6.07) is 5.26. The molecule has 0 spiro atoms. The minimum atomic E-state index is -0.280. The molecule has 0 saturated heterocycles. The molecule has 3 nitrogen and oxygen atoms in total. The smallest absolute Gasteiger partial charge is 0.234 e. The molecule has 1 aromatic rings. The van der Waals surface area contributed by atoms with Gasteiger partial charge in [-0.05, 0) is 53.4 Å². The van der Waals surface area contributed by atoms with E-state index in [-0.39, 0.29) is 24.3 Å². The maximum Gasteiger partial charge on any atom is 0.234 e. The molecule has 1 saturated carbocycles. The molecule has 1 fully saturated rings. The first-order chi connectivity index (χ1) is 8.56. The van der Waals surface area contributed by atoms with Gasteiger partial charge in [0, 0.05) is 12.1 Å². The topological polar surface area (TPSA) is 41.1 Å². The Bertz CT molecular complexity index is 449. The SMILES string of the molecule is CC(NCC(=O)NC1CC1)c1ccc(F)c(Br)c1. The fraction of sp³-hybridized carbons (Fsp3) is 0.462.